The summed E-state index contributed by atoms with van der Waals surface area (Å²) in [5.41, 5.74) is 6.23. The van der Waals surface area contributed by atoms with Crippen LogP contribution in [0.3, 0.4) is 0 Å². The summed E-state index contributed by atoms with van der Waals surface area (Å²) in [5, 5.41) is 17.3. The number of rotatable bonds is 7. The van der Waals surface area contributed by atoms with Crippen LogP contribution in [0.25, 0.3) is 0 Å². The molecule has 0 bridgehead atoms. The maximum atomic E-state index is 13.2. The van der Waals surface area contributed by atoms with E-state index in [-0.39, 0.29) is 29.8 Å². The monoisotopic (exact) mass is 498 g/mol. The van der Waals surface area contributed by atoms with Gasteiger partial charge < -0.3 is 25.6 Å². The second-order valence-corrected chi connectivity index (χ2v) is 9.16. The standard InChI is InChI=1S/C24H31FN8O3/c1-30-8-10-31(11-9-30)12-13-36-24(35)32-7-6-21(17(14-26)15-32)33-16-20(22(27)34)23(29-33)28-19-4-2-18(25)3-5-19/h2-5,16-17,21H,6-13,15H2,1H3,(H2,27,34)(H,28,29). The molecule has 1 aromatic heterocycles. The summed E-state index contributed by atoms with van der Waals surface area (Å²) in [7, 11) is 2.09. The quantitative estimate of drug-likeness (QED) is 0.589. The second kappa shape index (κ2) is 11.4. The average Bonchev–Trinajstić information content (AvgIpc) is 3.30. The number of carbonyl (C=O) groups is 2. The third-order valence-corrected chi connectivity index (χ3v) is 6.67. The van der Waals surface area contributed by atoms with E-state index in [1.165, 1.54) is 30.5 Å². The van der Waals surface area contributed by atoms with Gasteiger partial charge in [0.15, 0.2) is 5.82 Å². The van der Waals surface area contributed by atoms with Crippen molar-refractivity contribution in [2.75, 3.05) is 64.8 Å². The average molecular weight is 499 g/mol. The zero-order valence-corrected chi connectivity index (χ0v) is 20.3. The molecule has 36 heavy (non-hydrogen) atoms. The fourth-order valence-corrected chi connectivity index (χ4v) is 4.48. The summed E-state index contributed by atoms with van der Waals surface area (Å²) in [6.45, 7) is 5.47. The Morgan fingerprint density at radius 1 is 1.22 bits per heavy atom. The van der Waals surface area contributed by atoms with Gasteiger partial charge in [0.1, 0.15) is 18.0 Å². The van der Waals surface area contributed by atoms with Crippen molar-refractivity contribution in [2.45, 2.75) is 12.5 Å². The summed E-state index contributed by atoms with van der Waals surface area (Å²) in [5.74, 6) is -1.40. The Morgan fingerprint density at radius 3 is 2.61 bits per heavy atom. The molecule has 2 fully saturated rings. The lowest BCUT2D eigenvalue weighted by molar-refractivity contribution is 0.0634. The zero-order chi connectivity index (χ0) is 25.7. The number of likely N-dealkylation sites (tertiary alicyclic amines) is 1. The number of carbonyl (C=O) groups excluding carboxylic acids is 2. The van der Waals surface area contributed by atoms with Crippen LogP contribution in [-0.2, 0) is 4.74 Å². The lowest BCUT2D eigenvalue weighted by Crippen LogP contribution is -2.47. The zero-order valence-electron chi connectivity index (χ0n) is 20.3. The molecule has 0 radical (unpaired) electrons. The number of likely N-dealkylation sites (N-methyl/N-ethyl adjacent to an activating group) is 1. The van der Waals surface area contributed by atoms with Gasteiger partial charge in [0.05, 0.1) is 18.0 Å². The van der Waals surface area contributed by atoms with Crippen molar-refractivity contribution in [3.05, 3.63) is 41.8 Å². The predicted octanol–water partition coefficient (Wildman–Crippen LogP) is 1.64. The molecule has 3 N–H and O–H groups in total. The number of primary amides is 1. The van der Waals surface area contributed by atoms with Gasteiger partial charge in [-0.15, -0.1) is 0 Å². The highest BCUT2D eigenvalue weighted by molar-refractivity contribution is 5.98. The number of hydrogen-bond donors (Lipinski definition) is 2. The number of anilines is 2. The van der Waals surface area contributed by atoms with Crippen LogP contribution >= 0.6 is 0 Å². The van der Waals surface area contributed by atoms with E-state index in [0.29, 0.717) is 31.8 Å². The van der Waals surface area contributed by atoms with Crippen molar-refractivity contribution in [1.29, 1.82) is 5.26 Å². The minimum atomic E-state index is -0.680. The van der Waals surface area contributed by atoms with Gasteiger partial charge in [0.25, 0.3) is 5.91 Å². The van der Waals surface area contributed by atoms with E-state index in [4.69, 9.17) is 10.5 Å². The SMILES string of the molecule is CN1CCN(CCOC(=O)N2CCC(n3cc(C(N)=O)c(Nc4ccc(F)cc4)n3)C(C#N)C2)CC1. The molecule has 2 aliphatic heterocycles. The molecule has 192 valence electrons. The Balaban J connectivity index is 1.36. The fourth-order valence-electron chi connectivity index (χ4n) is 4.48. The van der Waals surface area contributed by atoms with Crippen LogP contribution in [0.5, 0.6) is 0 Å². The minimum Gasteiger partial charge on any atom is -0.448 e. The van der Waals surface area contributed by atoms with Crippen molar-refractivity contribution in [3.8, 4) is 6.07 Å². The van der Waals surface area contributed by atoms with E-state index in [0.717, 1.165) is 26.2 Å². The number of hydrogen-bond acceptors (Lipinski definition) is 8. The molecule has 4 rings (SSSR count). The van der Waals surface area contributed by atoms with Crippen molar-refractivity contribution in [2.24, 2.45) is 11.7 Å². The molecule has 2 amide bonds. The van der Waals surface area contributed by atoms with Crippen LogP contribution in [0.15, 0.2) is 30.5 Å². The number of halogens is 1. The summed E-state index contributed by atoms with van der Waals surface area (Å²) < 4.78 is 20.3. The minimum absolute atomic E-state index is 0.154. The number of aromatic nitrogens is 2. The predicted molar refractivity (Wildman–Crippen MR) is 130 cm³/mol. The Labute approximate surface area is 209 Å². The highest BCUT2D eigenvalue weighted by Gasteiger charge is 2.35. The van der Waals surface area contributed by atoms with Crippen molar-refractivity contribution < 1.29 is 18.7 Å². The fraction of sp³-hybridized carbons (Fsp3) is 0.500. The molecule has 1 aromatic carbocycles. The van der Waals surface area contributed by atoms with E-state index >= 15 is 0 Å². The van der Waals surface area contributed by atoms with E-state index in [1.807, 2.05) is 0 Å². The van der Waals surface area contributed by atoms with Crippen LogP contribution < -0.4 is 11.1 Å². The van der Waals surface area contributed by atoms with Crippen LogP contribution in [0.1, 0.15) is 22.8 Å². The van der Waals surface area contributed by atoms with Gasteiger partial charge in [0, 0.05) is 57.7 Å². The maximum absolute atomic E-state index is 13.2. The maximum Gasteiger partial charge on any atom is 0.409 e. The first kappa shape index (κ1) is 25.4. The number of nitrogens with two attached hydrogens (primary N) is 1. The first-order chi connectivity index (χ1) is 17.3. The third kappa shape index (κ3) is 6.10. The molecular weight excluding hydrogens is 467 g/mol. The highest BCUT2D eigenvalue weighted by Crippen LogP contribution is 2.30. The van der Waals surface area contributed by atoms with Gasteiger partial charge in [0.2, 0.25) is 0 Å². The Bertz CT molecular complexity index is 1110. The number of nitrogens with one attached hydrogen (secondary N) is 1. The number of piperazine rings is 1. The molecule has 2 aromatic rings. The molecule has 12 heteroatoms. The summed E-state index contributed by atoms with van der Waals surface area (Å²) >= 11 is 0. The molecule has 2 unspecified atom stereocenters. The summed E-state index contributed by atoms with van der Waals surface area (Å²) in [6, 6.07) is 7.52. The van der Waals surface area contributed by atoms with Crippen molar-refractivity contribution in [3.63, 3.8) is 0 Å². The van der Waals surface area contributed by atoms with Crippen LogP contribution in [-0.4, -0.2) is 95.9 Å². The van der Waals surface area contributed by atoms with Gasteiger partial charge in [-0.05, 0) is 37.7 Å². The number of nitrogens with zero attached hydrogens (tertiary/aromatic N) is 6. The summed E-state index contributed by atoms with van der Waals surface area (Å²) in [4.78, 5) is 30.7. The highest BCUT2D eigenvalue weighted by atomic mass is 19.1. The van der Waals surface area contributed by atoms with Gasteiger partial charge in [-0.2, -0.15) is 10.4 Å². The Hall–Kier alpha value is -3.69. The van der Waals surface area contributed by atoms with Crippen molar-refractivity contribution >= 4 is 23.5 Å². The molecular formula is C24H31FN8O3. The molecule has 0 aliphatic carbocycles. The van der Waals surface area contributed by atoms with Gasteiger partial charge in [-0.3, -0.25) is 14.4 Å². The molecule has 2 saturated heterocycles. The molecule has 0 spiro atoms. The van der Waals surface area contributed by atoms with Gasteiger partial charge >= 0.3 is 6.09 Å². The molecule has 11 nitrogen and oxygen atoms in total. The number of amides is 2. The number of benzene rings is 1. The topological polar surface area (TPSA) is 133 Å². The van der Waals surface area contributed by atoms with E-state index in [9.17, 15) is 19.2 Å². The Morgan fingerprint density at radius 2 is 1.94 bits per heavy atom. The van der Waals surface area contributed by atoms with Gasteiger partial charge in [-0.1, -0.05) is 0 Å². The van der Waals surface area contributed by atoms with Crippen LogP contribution in [0.2, 0.25) is 0 Å². The Kier molecular flexibility index (Phi) is 8.02. The molecule has 2 aliphatic rings. The van der Waals surface area contributed by atoms with Crippen LogP contribution in [0, 0.1) is 23.1 Å². The van der Waals surface area contributed by atoms with Crippen LogP contribution in [0.4, 0.5) is 20.7 Å². The van der Waals surface area contributed by atoms with E-state index in [1.54, 1.807) is 9.58 Å². The second-order valence-electron chi connectivity index (χ2n) is 9.16. The molecule has 3 heterocycles. The normalized spacial score (nSPS) is 21.1. The third-order valence-electron chi connectivity index (χ3n) is 6.67. The van der Waals surface area contributed by atoms with Gasteiger partial charge in [-0.25, -0.2) is 9.18 Å². The summed E-state index contributed by atoms with van der Waals surface area (Å²) in [6.07, 6.45) is 1.54. The van der Waals surface area contributed by atoms with E-state index in [2.05, 4.69) is 33.3 Å². The first-order valence-corrected chi connectivity index (χ1v) is 12.0. The lowest BCUT2D eigenvalue weighted by Gasteiger charge is -2.35. The smallest absolute Gasteiger partial charge is 0.409 e. The number of ether oxygens (including phenoxy) is 1. The number of nitriles is 1. The largest absolute Gasteiger partial charge is 0.448 e. The van der Waals surface area contributed by atoms with E-state index < -0.39 is 17.9 Å². The van der Waals surface area contributed by atoms with Crippen molar-refractivity contribution in [1.82, 2.24) is 24.5 Å². The number of piperidine rings is 1. The first-order valence-electron chi connectivity index (χ1n) is 12.0. The molecule has 2 atom stereocenters. The lowest BCUT2D eigenvalue weighted by atomic mass is 9.94. The molecule has 0 saturated carbocycles.